The molecule has 0 atom stereocenters. The molecule has 0 aromatic heterocycles. The highest BCUT2D eigenvalue weighted by atomic mass is 16.3. The zero-order valence-electron chi connectivity index (χ0n) is 19.4. The summed E-state index contributed by atoms with van der Waals surface area (Å²) < 4.78 is 1.87. The molecule has 2 N–H and O–H groups in total. The Kier molecular flexibility index (Phi) is 4.83. The van der Waals surface area contributed by atoms with E-state index in [-0.39, 0.29) is 33.8 Å². The third-order valence-electron chi connectivity index (χ3n) is 6.38. The molecule has 34 heavy (non-hydrogen) atoms. The zero-order chi connectivity index (χ0) is 24.3. The number of anilines is 1. The maximum Gasteiger partial charge on any atom is 0.211 e. The van der Waals surface area contributed by atoms with Gasteiger partial charge in [-0.1, -0.05) is 48.2 Å². The van der Waals surface area contributed by atoms with Crippen molar-refractivity contribution in [3.8, 4) is 5.75 Å². The summed E-state index contributed by atoms with van der Waals surface area (Å²) in [5.41, 5.74) is 3.35. The van der Waals surface area contributed by atoms with Crippen molar-refractivity contribution in [1.29, 1.82) is 0 Å². The van der Waals surface area contributed by atoms with Crippen molar-refractivity contribution in [3.63, 3.8) is 0 Å². The summed E-state index contributed by atoms with van der Waals surface area (Å²) in [5.74, 6) is -1.23. The van der Waals surface area contributed by atoms with Crippen molar-refractivity contribution in [2.45, 2.75) is 0 Å². The molecule has 0 saturated carbocycles. The van der Waals surface area contributed by atoms with Gasteiger partial charge in [-0.3, -0.25) is 4.79 Å². The molecule has 6 heteroatoms. The number of phenolic OH excluding ortho intramolecular Hbond substituents is 1. The van der Waals surface area contributed by atoms with E-state index in [9.17, 15) is 20.1 Å². The molecule has 3 aromatic rings. The molecule has 0 heterocycles. The number of aromatic hydroxyl groups is 1. The average molecular weight is 453 g/mol. The molecule has 0 fully saturated rings. The number of Topliss-reactive ketones (excluding diaryl/α,β-unsaturated/α-hetero) is 1. The third-order valence-corrected chi connectivity index (χ3v) is 6.38. The van der Waals surface area contributed by atoms with Crippen molar-refractivity contribution in [2.75, 3.05) is 33.1 Å². The number of phenols is 1. The van der Waals surface area contributed by atoms with Gasteiger partial charge in [-0.05, 0) is 17.0 Å². The fraction of sp³-hybridized carbons (Fsp3) is 0.143. The number of hydrogen-bond donors (Lipinski definition) is 2. The lowest BCUT2D eigenvalue weighted by Crippen LogP contribution is -2.31. The number of hydrogen-bond acceptors (Lipinski definition) is 5. The molecule has 6 nitrogen and oxygen atoms in total. The van der Waals surface area contributed by atoms with E-state index in [2.05, 4.69) is 0 Å². The molecule has 0 unspecified atom stereocenters. The summed E-state index contributed by atoms with van der Waals surface area (Å²) in [6.45, 7) is 0. The Morgan fingerprint density at radius 1 is 0.853 bits per heavy atom. The number of aliphatic hydroxyl groups excluding tert-OH is 1. The molecule has 0 amide bonds. The SMILES string of the molecule is CN(C)c1cc(O)c(C2=C([O-])/C(=C3\C(O)=CC(=[N+](C)C)c4ccccc43)C2=O)c2ccccc12. The molecule has 2 aliphatic rings. The highest BCUT2D eigenvalue weighted by molar-refractivity contribution is 6.43. The van der Waals surface area contributed by atoms with Crippen LogP contribution in [0.1, 0.15) is 16.7 Å². The van der Waals surface area contributed by atoms with Crippen molar-refractivity contribution in [2.24, 2.45) is 0 Å². The van der Waals surface area contributed by atoms with E-state index in [0.717, 1.165) is 22.3 Å². The molecule has 3 aromatic carbocycles. The van der Waals surface area contributed by atoms with E-state index >= 15 is 0 Å². The zero-order valence-corrected chi connectivity index (χ0v) is 19.4. The van der Waals surface area contributed by atoms with Gasteiger partial charge in [0.15, 0.2) is 5.78 Å². The molecule has 0 saturated heterocycles. The first-order valence-corrected chi connectivity index (χ1v) is 10.9. The first-order valence-electron chi connectivity index (χ1n) is 10.9. The van der Waals surface area contributed by atoms with Crippen LogP contribution in [0.5, 0.6) is 5.75 Å². The van der Waals surface area contributed by atoms with Gasteiger partial charge < -0.3 is 20.2 Å². The Morgan fingerprint density at radius 3 is 2.09 bits per heavy atom. The van der Waals surface area contributed by atoms with Crippen LogP contribution in [0.25, 0.3) is 21.9 Å². The molecule has 0 aliphatic heterocycles. The number of allylic oxidation sites excluding steroid dienone is 4. The van der Waals surface area contributed by atoms with Crippen molar-refractivity contribution in [3.05, 3.63) is 94.5 Å². The van der Waals surface area contributed by atoms with Crippen LogP contribution in [-0.2, 0) is 4.79 Å². The lowest BCUT2D eigenvalue weighted by atomic mass is 9.75. The monoisotopic (exact) mass is 452 g/mol. The van der Waals surface area contributed by atoms with E-state index in [1.165, 1.54) is 0 Å². The minimum atomic E-state index is -0.485. The van der Waals surface area contributed by atoms with Gasteiger partial charge in [-0.25, -0.2) is 4.58 Å². The van der Waals surface area contributed by atoms with Crippen LogP contribution in [-0.4, -0.2) is 54.5 Å². The predicted molar refractivity (Wildman–Crippen MR) is 132 cm³/mol. The number of benzene rings is 3. The van der Waals surface area contributed by atoms with Gasteiger partial charge in [0.2, 0.25) is 5.71 Å². The molecular weight excluding hydrogens is 428 g/mol. The minimum Gasteiger partial charge on any atom is -0.871 e. The van der Waals surface area contributed by atoms with Crippen molar-refractivity contribution >= 4 is 39.1 Å². The Balaban J connectivity index is 1.79. The highest BCUT2D eigenvalue weighted by Gasteiger charge is 2.37. The normalized spacial score (nSPS) is 17.5. The van der Waals surface area contributed by atoms with Crippen LogP contribution in [0.15, 0.2) is 77.8 Å². The molecular formula is C28H24N2O4. The number of nitrogens with zero attached hydrogens (tertiary/aromatic N) is 2. The summed E-state index contributed by atoms with van der Waals surface area (Å²) in [5, 5.41) is 36.7. The van der Waals surface area contributed by atoms with E-state index in [1.54, 1.807) is 24.3 Å². The van der Waals surface area contributed by atoms with E-state index < -0.39 is 11.5 Å². The molecule has 2 aliphatic carbocycles. The summed E-state index contributed by atoms with van der Waals surface area (Å²) in [4.78, 5) is 15.3. The maximum atomic E-state index is 13.5. The van der Waals surface area contributed by atoms with Gasteiger partial charge in [0.1, 0.15) is 25.6 Å². The Bertz CT molecular complexity index is 1530. The van der Waals surface area contributed by atoms with Crippen LogP contribution in [0, 0.1) is 0 Å². The second kappa shape index (κ2) is 7.63. The number of aliphatic hydroxyl groups is 1. The van der Waals surface area contributed by atoms with E-state index in [1.807, 2.05) is 74.1 Å². The summed E-state index contributed by atoms with van der Waals surface area (Å²) in [6, 6.07) is 16.3. The van der Waals surface area contributed by atoms with E-state index in [0.29, 0.717) is 10.9 Å². The van der Waals surface area contributed by atoms with Gasteiger partial charge >= 0.3 is 0 Å². The topological polar surface area (TPSA) is 86.8 Å². The smallest absolute Gasteiger partial charge is 0.211 e. The maximum absolute atomic E-state index is 13.5. The van der Waals surface area contributed by atoms with Crippen molar-refractivity contribution in [1.82, 2.24) is 0 Å². The van der Waals surface area contributed by atoms with Crippen LogP contribution in [0.4, 0.5) is 5.69 Å². The van der Waals surface area contributed by atoms with Gasteiger partial charge in [0, 0.05) is 53.5 Å². The quantitative estimate of drug-likeness (QED) is 0.461. The average Bonchev–Trinajstić information content (AvgIpc) is 2.81. The van der Waals surface area contributed by atoms with E-state index in [4.69, 9.17) is 0 Å². The first-order chi connectivity index (χ1) is 16.2. The van der Waals surface area contributed by atoms with Crippen LogP contribution in [0.3, 0.4) is 0 Å². The fourth-order valence-corrected chi connectivity index (χ4v) is 4.80. The highest BCUT2D eigenvalue weighted by Crippen LogP contribution is 2.48. The number of fused-ring (bicyclic) bond motifs is 2. The van der Waals surface area contributed by atoms with Gasteiger partial charge in [-0.2, -0.15) is 0 Å². The lowest BCUT2D eigenvalue weighted by Gasteiger charge is -2.35. The van der Waals surface area contributed by atoms with Crippen LogP contribution < -0.4 is 10.0 Å². The number of rotatable bonds is 2. The minimum absolute atomic E-state index is 0.0610. The summed E-state index contributed by atoms with van der Waals surface area (Å²) in [6.07, 6.45) is 1.57. The summed E-state index contributed by atoms with van der Waals surface area (Å²) >= 11 is 0. The second-order valence-corrected chi connectivity index (χ2v) is 8.87. The molecule has 5 rings (SSSR count). The molecule has 0 radical (unpaired) electrons. The van der Waals surface area contributed by atoms with Crippen LogP contribution >= 0.6 is 0 Å². The van der Waals surface area contributed by atoms with Crippen LogP contribution in [0.2, 0.25) is 0 Å². The number of ketones is 1. The standard InChI is InChI=1S/C28H24N2O4/c1-29(2)19-13-21(31)23(17-11-7-5-9-15(17)19)25-27(33)26(28(25)34)24-18-12-8-6-10-16(18)20(30(3)4)14-22(24)32/h5-14H,1-4H3,(H2,31,32,33,34). The molecule has 0 bridgehead atoms. The summed E-state index contributed by atoms with van der Waals surface area (Å²) in [7, 11) is 7.46. The number of carbonyl (C=O) groups is 1. The second-order valence-electron chi connectivity index (χ2n) is 8.87. The van der Waals surface area contributed by atoms with Crippen molar-refractivity contribution < 1.29 is 24.7 Å². The molecule has 0 spiro atoms. The van der Waals surface area contributed by atoms with Gasteiger partial charge in [0.05, 0.1) is 11.6 Å². The Morgan fingerprint density at radius 2 is 1.47 bits per heavy atom. The first kappa shape index (κ1) is 21.5. The Labute approximate surface area is 197 Å². The lowest BCUT2D eigenvalue weighted by molar-refractivity contribution is -0.463. The van der Waals surface area contributed by atoms with Gasteiger partial charge in [0.25, 0.3) is 0 Å². The van der Waals surface area contributed by atoms with Gasteiger partial charge in [-0.15, -0.1) is 0 Å². The predicted octanol–water partition coefficient (Wildman–Crippen LogP) is 3.24. The largest absolute Gasteiger partial charge is 0.871 e. The third kappa shape index (κ3) is 2.95. The molecule has 170 valence electrons. The Hall–Kier alpha value is -4.32. The number of carbonyl (C=O) groups excluding carboxylic acids is 1. The fourth-order valence-electron chi connectivity index (χ4n) is 4.80.